The van der Waals surface area contributed by atoms with Gasteiger partial charge in [0.05, 0.1) is 0 Å². The average molecular weight is 239 g/mol. The lowest BCUT2D eigenvalue weighted by molar-refractivity contribution is 0.395. The Morgan fingerprint density at radius 1 is 1.06 bits per heavy atom. The van der Waals surface area contributed by atoms with Crippen molar-refractivity contribution in [1.82, 2.24) is 0 Å². The molecular weight excluding hydrogens is 206 g/mol. The Morgan fingerprint density at radius 2 is 1.59 bits per heavy atom. The third-order valence-electron chi connectivity index (χ3n) is 2.34. The van der Waals surface area contributed by atoms with Crippen molar-refractivity contribution in [3.8, 4) is 0 Å². The Kier molecular flexibility index (Phi) is 25.9. The van der Waals surface area contributed by atoms with Gasteiger partial charge in [-0.25, -0.2) is 0 Å². The third-order valence-corrected chi connectivity index (χ3v) is 2.34. The summed E-state index contributed by atoms with van der Waals surface area (Å²) in [6.45, 7) is 18.3. The first-order valence-corrected chi connectivity index (χ1v) is 6.97. The van der Waals surface area contributed by atoms with E-state index in [0.29, 0.717) is 0 Å². The van der Waals surface area contributed by atoms with E-state index in [1.54, 1.807) is 12.4 Å². The van der Waals surface area contributed by atoms with E-state index in [9.17, 15) is 0 Å². The van der Waals surface area contributed by atoms with Gasteiger partial charge in [0.15, 0.2) is 0 Å². The maximum Gasteiger partial charge on any atom is 0.0264 e. The van der Waals surface area contributed by atoms with Crippen LogP contribution in [0.1, 0.15) is 61.3 Å². The third kappa shape index (κ3) is 21.1. The van der Waals surface area contributed by atoms with Crippen molar-refractivity contribution in [2.24, 2.45) is 16.8 Å². The zero-order valence-corrected chi connectivity index (χ0v) is 13.0. The molecule has 0 saturated heterocycles. The van der Waals surface area contributed by atoms with E-state index in [0.717, 1.165) is 18.3 Å². The highest BCUT2D eigenvalue weighted by molar-refractivity contribution is 5.71. The van der Waals surface area contributed by atoms with Crippen LogP contribution in [0.15, 0.2) is 29.9 Å². The Bertz CT molecular complexity index is 178. The maximum atomic E-state index is 3.88. The molecule has 0 amide bonds. The van der Waals surface area contributed by atoms with Gasteiger partial charge < -0.3 is 0 Å². The van der Waals surface area contributed by atoms with Crippen molar-refractivity contribution in [1.29, 1.82) is 0 Å². The molecule has 0 aromatic heterocycles. The Labute approximate surface area is 110 Å². The van der Waals surface area contributed by atoms with E-state index in [2.05, 4.69) is 38.4 Å². The van der Waals surface area contributed by atoms with Crippen molar-refractivity contribution in [2.45, 2.75) is 61.3 Å². The van der Waals surface area contributed by atoms with Gasteiger partial charge in [-0.1, -0.05) is 61.1 Å². The highest BCUT2D eigenvalue weighted by Crippen LogP contribution is 2.15. The highest BCUT2D eigenvalue weighted by atomic mass is 14.6. The first-order valence-electron chi connectivity index (χ1n) is 6.97. The topological polar surface area (TPSA) is 12.4 Å². The Morgan fingerprint density at radius 3 is 2.00 bits per heavy atom. The molecule has 0 aromatic rings. The van der Waals surface area contributed by atoms with Gasteiger partial charge in [0, 0.05) is 12.4 Å². The van der Waals surface area contributed by atoms with E-state index < -0.39 is 0 Å². The molecule has 0 aliphatic carbocycles. The lowest BCUT2D eigenvalue weighted by atomic mass is 9.93. The molecule has 1 atom stereocenters. The molecule has 1 nitrogen and oxygen atoms in total. The number of aliphatic imine (C=N–C) groups is 1. The minimum Gasteiger partial charge on any atom is -0.265 e. The van der Waals surface area contributed by atoms with Crippen LogP contribution in [0.5, 0.6) is 0 Å². The fourth-order valence-corrected chi connectivity index (χ4v) is 0.960. The van der Waals surface area contributed by atoms with Crippen LogP contribution in [0.25, 0.3) is 0 Å². The largest absolute Gasteiger partial charge is 0.265 e. The molecule has 17 heavy (non-hydrogen) atoms. The van der Waals surface area contributed by atoms with Gasteiger partial charge in [-0.15, -0.1) is 0 Å². The quantitative estimate of drug-likeness (QED) is 0.513. The second-order valence-corrected chi connectivity index (χ2v) is 3.71. The molecule has 0 aliphatic heterocycles. The van der Waals surface area contributed by atoms with E-state index in [1.807, 2.05) is 33.8 Å². The molecule has 0 aromatic carbocycles. The summed E-state index contributed by atoms with van der Waals surface area (Å²) in [7, 11) is 0. The minimum atomic E-state index is 0.787. The van der Waals surface area contributed by atoms with E-state index >= 15 is 0 Å². The molecule has 1 heteroatoms. The van der Waals surface area contributed by atoms with Crippen LogP contribution in [0.3, 0.4) is 0 Å². The maximum absolute atomic E-state index is 3.88. The molecule has 0 spiro atoms. The summed E-state index contributed by atoms with van der Waals surface area (Å²) in [5.74, 6) is 1.59. The van der Waals surface area contributed by atoms with E-state index in [1.165, 1.54) is 6.42 Å². The van der Waals surface area contributed by atoms with Crippen molar-refractivity contribution < 1.29 is 0 Å². The molecule has 0 fully saturated rings. The van der Waals surface area contributed by atoms with Crippen LogP contribution >= 0.6 is 0 Å². The predicted molar refractivity (Wildman–Crippen MR) is 83.8 cm³/mol. The second-order valence-electron chi connectivity index (χ2n) is 3.71. The summed E-state index contributed by atoms with van der Waals surface area (Å²) in [6.07, 6.45) is 9.85. The predicted octanol–water partition coefficient (Wildman–Crippen LogP) is 5.88. The van der Waals surface area contributed by atoms with Crippen LogP contribution in [-0.4, -0.2) is 6.21 Å². The molecule has 0 rings (SSSR count). The van der Waals surface area contributed by atoms with E-state index in [-0.39, 0.29) is 0 Å². The summed E-state index contributed by atoms with van der Waals surface area (Å²) in [6, 6.07) is 0. The molecule has 0 radical (unpaired) electrons. The summed E-state index contributed by atoms with van der Waals surface area (Å²) in [5, 5.41) is 0. The SMILES string of the molecule is C=CN=C/C=C\CCC(C)C(C)C.CC.CC. The summed E-state index contributed by atoms with van der Waals surface area (Å²) in [4.78, 5) is 3.88. The van der Waals surface area contributed by atoms with Crippen molar-refractivity contribution in [3.63, 3.8) is 0 Å². The smallest absolute Gasteiger partial charge is 0.0264 e. The van der Waals surface area contributed by atoms with Gasteiger partial charge in [0.25, 0.3) is 0 Å². The lowest BCUT2D eigenvalue weighted by Gasteiger charge is -2.13. The molecule has 0 bridgehead atoms. The van der Waals surface area contributed by atoms with Gasteiger partial charge in [-0.3, -0.25) is 4.99 Å². The summed E-state index contributed by atoms with van der Waals surface area (Å²) < 4.78 is 0. The minimum absolute atomic E-state index is 0.787. The van der Waals surface area contributed by atoms with E-state index in [4.69, 9.17) is 0 Å². The first kappa shape index (κ1) is 21.4. The number of allylic oxidation sites excluding steroid dienone is 2. The van der Waals surface area contributed by atoms with Crippen LogP contribution in [0, 0.1) is 11.8 Å². The standard InChI is InChI=1S/C12H21N.2C2H6/c1-5-13-10-8-6-7-9-12(4)11(2)3;2*1-2/h5-6,8,10-12H,1,7,9H2,2-4H3;2*1-2H3/b8-6-,13-10?;;. The number of rotatable bonds is 6. The van der Waals surface area contributed by atoms with Gasteiger partial charge in [0.2, 0.25) is 0 Å². The van der Waals surface area contributed by atoms with Crippen LogP contribution in [0.4, 0.5) is 0 Å². The van der Waals surface area contributed by atoms with Crippen LogP contribution in [-0.2, 0) is 0 Å². The molecular formula is C16H33N. The zero-order valence-electron chi connectivity index (χ0n) is 13.0. The lowest BCUT2D eigenvalue weighted by Crippen LogP contribution is -2.02. The Hall–Kier alpha value is -0.850. The summed E-state index contributed by atoms with van der Waals surface area (Å²) >= 11 is 0. The normalized spacial score (nSPS) is 11.8. The fourth-order valence-electron chi connectivity index (χ4n) is 0.960. The molecule has 0 heterocycles. The molecule has 0 aliphatic rings. The molecule has 102 valence electrons. The second kappa shape index (κ2) is 20.5. The van der Waals surface area contributed by atoms with Gasteiger partial charge in [0.1, 0.15) is 0 Å². The first-order chi connectivity index (χ1) is 8.18. The van der Waals surface area contributed by atoms with Crippen molar-refractivity contribution in [3.05, 3.63) is 24.9 Å². The van der Waals surface area contributed by atoms with Crippen LogP contribution in [0.2, 0.25) is 0 Å². The van der Waals surface area contributed by atoms with Gasteiger partial charge in [-0.2, -0.15) is 0 Å². The number of nitrogens with zero attached hydrogens (tertiary/aromatic N) is 1. The van der Waals surface area contributed by atoms with Crippen LogP contribution < -0.4 is 0 Å². The average Bonchev–Trinajstić information content (AvgIpc) is 2.38. The Balaban J connectivity index is -0.000000439. The molecule has 0 N–H and O–H groups in total. The molecule has 1 unspecified atom stereocenters. The monoisotopic (exact) mass is 239 g/mol. The van der Waals surface area contributed by atoms with Gasteiger partial charge in [-0.05, 0) is 30.8 Å². The summed E-state index contributed by atoms with van der Waals surface area (Å²) in [5.41, 5.74) is 0. The van der Waals surface area contributed by atoms with Crippen molar-refractivity contribution in [2.75, 3.05) is 0 Å². The fraction of sp³-hybridized carbons (Fsp3) is 0.688. The molecule has 0 saturated carbocycles. The zero-order chi connectivity index (χ0) is 14.1. The highest BCUT2D eigenvalue weighted by Gasteiger charge is 2.04. The van der Waals surface area contributed by atoms with Crippen molar-refractivity contribution >= 4 is 6.21 Å². The number of hydrogen-bond donors (Lipinski definition) is 0. The number of hydrogen-bond acceptors (Lipinski definition) is 1. The van der Waals surface area contributed by atoms with Gasteiger partial charge >= 0.3 is 0 Å².